The second kappa shape index (κ2) is 6.14. The Hall–Kier alpha value is -0.910. The Bertz CT molecular complexity index is 283. The van der Waals surface area contributed by atoms with Crippen LogP contribution in [-0.2, 0) is 23.7 Å². The molecule has 5 heteroatoms. The molecule has 0 bridgehead atoms. The summed E-state index contributed by atoms with van der Waals surface area (Å²) in [6.07, 6.45) is 5.27. The third-order valence-corrected chi connectivity index (χ3v) is 2.71. The van der Waals surface area contributed by atoms with Crippen LogP contribution < -0.4 is 0 Å². The van der Waals surface area contributed by atoms with Gasteiger partial charge in [-0.25, -0.2) is 0 Å². The van der Waals surface area contributed by atoms with Gasteiger partial charge in [-0.05, 0) is 6.42 Å². The minimum Gasteiger partial charge on any atom is -0.463 e. The average molecular weight is 242 g/mol. The fourth-order valence-electron chi connectivity index (χ4n) is 1.91. The predicted octanol–water partition coefficient (Wildman–Crippen LogP) is 1.03. The lowest BCUT2D eigenvalue weighted by Gasteiger charge is -2.26. The van der Waals surface area contributed by atoms with Crippen LogP contribution in [0.2, 0.25) is 0 Å². The molecule has 0 aromatic heterocycles. The number of ether oxygens (including phenoxy) is 4. The first-order valence-corrected chi connectivity index (χ1v) is 5.92. The van der Waals surface area contributed by atoms with Crippen LogP contribution in [0.5, 0.6) is 0 Å². The maximum Gasteiger partial charge on any atom is 0.302 e. The van der Waals surface area contributed by atoms with E-state index in [1.807, 2.05) is 6.08 Å². The van der Waals surface area contributed by atoms with Crippen molar-refractivity contribution in [2.75, 3.05) is 19.8 Å². The van der Waals surface area contributed by atoms with Gasteiger partial charge in [-0.15, -0.1) is 0 Å². The average Bonchev–Trinajstić information content (AvgIpc) is 2.80. The standard InChI is InChI=1S/C12H18O5/c1-9(13)16-8-11-4-2-3-10(17-11)7-12-14-5-6-15-12/h2-3,10-12H,4-8H2,1H3/t10-,11-/m0/s1. The summed E-state index contributed by atoms with van der Waals surface area (Å²) in [6.45, 7) is 3.01. The molecule has 0 spiro atoms. The predicted molar refractivity (Wildman–Crippen MR) is 59.4 cm³/mol. The Labute approximate surface area is 101 Å². The first-order chi connectivity index (χ1) is 8.24. The fourth-order valence-corrected chi connectivity index (χ4v) is 1.91. The zero-order valence-electron chi connectivity index (χ0n) is 9.96. The van der Waals surface area contributed by atoms with Crippen LogP contribution in [0.25, 0.3) is 0 Å². The molecule has 1 fully saturated rings. The van der Waals surface area contributed by atoms with Gasteiger partial charge < -0.3 is 18.9 Å². The van der Waals surface area contributed by atoms with Crippen LogP contribution in [0.3, 0.4) is 0 Å². The van der Waals surface area contributed by atoms with Gasteiger partial charge in [-0.2, -0.15) is 0 Å². The quantitative estimate of drug-likeness (QED) is 0.544. The smallest absolute Gasteiger partial charge is 0.302 e. The summed E-state index contributed by atoms with van der Waals surface area (Å²) in [6, 6.07) is 0. The number of carbonyl (C=O) groups is 1. The summed E-state index contributed by atoms with van der Waals surface area (Å²) in [4.78, 5) is 10.7. The number of hydrogen-bond acceptors (Lipinski definition) is 5. The van der Waals surface area contributed by atoms with Crippen LogP contribution in [0.15, 0.2) is 12.2 Å². The van der Waals surface area contributed by atoms with E-state index >= 15 is 0 Å². The molecule has 96 valence electrons. The topological polar surface area (TPSA) is 54.0 Å². The van der Waals surface area contributed by atoms with Crippen molar-refractivity contribution < 1.29 is 23.7 Å². The highest BCUT2D eigenvalue weighted by molar-refractivity contribution is 5.65. The summed E-state index contributed by atoms with van der Waals surface area (Å²) in [5.74, 6) is -0.276. The number of hydrogen-bond donors (Lipinski definition) is 0. The molecular formula is C12H18O5. The molecule has 5 nitrogen and oxygen atoms in total. The van der Waals surface area contributed by atoms with Crippen molar-refractivity contribution in [1.82, 2.24) is 0 Å². The van der Waals surface area contributed by atoms with E-state index in [2.05, 4.69) is 6.08 Å². The Kier molecular flexibility index (Phi) is 4.53. The molecule has 0 aromatic rings. The highest BCUT2D eigenvalue weighted by atomic mass is 16.7. The molecule has 2 aliphatic heterocycles. The first kappa shape index (κ1) is 12.5. The minimum absolute atomic E-state index is 0.0209. The van der Waals surface area contributed by atoms with Gasteiger partial charge in [0.1, 0.15) is 6.61 Å². The third-order valence-electron chi connectivity index (χ3n) is 2.71. The van der Waals surface area contributed by atoms with Gasteiger partial charge in [0.15, 0.2) is 6.29 Å². The Morgan fingerprint density at radius 3 is 2.88 bits per heavy atom. The molecule has 2 heterocycles. The van der Waals surface area contributed by atoms with Gasteiger partial charge >= 0.3 is 5.97 Å². The minimum atomic E-state index is -0.276. The van der Waals surface area contributed by atoms with E-state index < -0.39 is 0 Å². The van der Waals surface area contributed by atoms with Crippen molar-refractivity contribution in [3.8, 4) is 0 Å². The van der Waals surface area contributed by atoms with Crippen LogP contribution in [-0.4, -0.2) is 44.3 Å². The molecule has 17 heavy (non-hydrogen) atoms. The Morgan fingerprint density at radius 2 is 2.18 bits per heavy atom. The molecule has 0 N–H and O–H groups in total. The van der Waals surface area contributed by atoms with Crippen molar-refractivity contribution in [2.24, 2.45) is 0 Å². The summed E-state index contributed by atoms with van der Waals surface area (Å²) in [5.41, 5.74) is 0. The SMILES string of the molecule is CC(=O)OC[C@@H]1CC=C[C@@H](CC2OCCO2)O1. The van der Waals surface area contributed by atoms with Crippen LogP contribution in [0, 0.1) is 0 Å². The second-order valence-electron chi connectivity index (χ2n) is 4.17. The summed E-state index contributed by atoms with van der Waals surface area (Å²) in [7, 11) is 0. The normalized spacial score (nSPS) is 29.5. The molecular weight excluding hydrogens is 224 g/mol. The molecule has 0 aliphatic carbocycles. The fraction of sp³-hybridized carbons (Fsp3) is 0.750. The highest BCUT2D eigenvalue weighted by Crippen LogP contribution is 2.19. The lowest BCUT2D eigenvalue weighted by Crippen LogP contribution is -2.31. The number of esters is 1. The van der Waals surface area contributed by atoms with Crippen molar-refractivity contribution in [1.29, 1.82) is 0 Å². The molecule has 2 atom stereocenters. The van der Waals surface area contributed by atoms with Crippen molar-refractivity contribution in [2.45, 2.75) is 38.3 Å². The zero-order valence-corrected chi connectivity index (χ0v) is 9.96. The summed E-state index contributed by atoms with van der Waals surface area (Å²) >= 11 is 0. The van der Waals surface area contributed by atoms with E-state index in [0.717, 1.165) is 6.42 Å². The van der Waals surface area contributed by atoms with E-state index in [1.54, 1.807) is 0 Å². The van der Waals surface area contributed by atoms with Gasteiger partial charge in [0.2, 0.25) is 0 Å². The van der Waals surface area contributed by atoms with E-state index in [-0.39, 0.29) is 24.5 Å². The molecule has 1 saturated heterocycles. The van der Waals surface area contributed by atoms with Crippen molar-refractivity contribution >= 4 is 5.97 Å². The molecule has 2 aliphatic rings. The molecule has 0 unspecified atom stereocenters. The van der Waals surface area contributed by atoms with Crippen LogP contribution in [0.1, 0.15) is 19.8 Å². The molecule has 0 saturated carbocycles. The third kappa shape index (κ3) is 4.11. The number of rotatable bonds is 4. The summed E-state index contributed by atoms with van der Waals surface area (Å²) < 4.78 is 21.4. The van der Waals surface area contributed by atoms with Gasteiger partial charge in [0, 0.05) is 13.3 Å². The summed E-state index contributed by atoms with van der Waals surface area (Å²) in [5, 5.41) is 0. The monoisotopic (exact) mass is 242 g/mol. The molecule has 0 radical (unpaired) electrons. The maximum absolute atomic E-state index is 10.7. The van der Waals surface area contributed by atoms with Crippen LogP contribution >= 0.6 is 0 Å². The second-order valence-corrected chi connectivity index (χ2v) is 4.17. The first-order valence-electron chi connectivity index (χ1n) is 5.92. The molecule has 0 amide bonds. The van der Waals surface area contributed by atoms with Crippen LogP contribution in [0.4, 0.5) is 0 Å². The Balaban J connectivity index is 1.74. The van der Waals surface area contributed by atoms with E-state index in [0.29, 0.717) is 26.2 Å². The van der Waals surface area contributed by atoms with E-state index in [9.17, 15) is 4.79 Å². The van der Waals surface area contributed by atoms with Gasteiger partial charge in [0.05, 0.1) is 25.4 Å². The van der Waals surface area contributed by atoms with Gasteiger partial charge in [-0.3, -0.25) is 4.79 Å². The highest BCUT2D eigenvalue weighted by Gasteiger charge is 2.25. The van der Waals surface area contributed by atoms with Crippen molar-refractivity contribution in [3.63, 3.8) is 0 Å². The lowest BCUT2D eigenvalue weighted by atomic mass is 10.1. The lowest BCUT2D eigenvalue weighted by molar-refractivity contribution is -0.148. The largest absolute Gasteiger partial charge is 0.463 e. The van der Waals surface area contributed by atoms with Crippen molar-refractivity contribution in [3.05, 3.63) is 12.2 Å². The van der Waals surface area contributed by atoms with E-state index in [1.165, 1.54) is 6.92 Å². The van der Waals surface area contributed by atoms with Gasteiger partial charge in [-0.1, -0.05) is 12.2 Å². The molecule has 2 rings (SSSR count). The Morgan fingerprint density at radius 1 is 1.41 bits per heavy atom. The van der Waals surface area contributed by atoms with Gasteiger partial charge in [0.25, 0.3) is 0 Å². The van der Waals surface area contributed by atoms with E-state index in [4.69, 9.17) is 18.9 Å². The maximum atomic E-state index is 10.7. The number of carbonyl (C=O) groups excluding carboxylic acids is 1. The molecule has 0 aromatic carbocycles. The zero-order chi connectivity index (χ0) is 12.1.